The maximum Gasteiger partial charge on any atom is 0.232 e. The van der Waals surface area contributed by atoms with E-state index in [0.717, 1.165) is 18.1 Å². The SMILES string of the molecule is CC(C)(C)c1nc(CSc2nnnn2CCc2cccs2)no1. The number of nitrogens with zero attached hydrogens (tertiary/aromatic N) is 6. The van der Waals surface area contributed by atoms with E-state index in [1.54, 1.807) is 11.3 Å². The first-order valence-electron chi connectivity index (χ1n) is 7.27. The Morgan fingerprint density at radius 2 is 2.22 bits per heavy atom. The summed E-state index contributed by atoms with van der Waals surface area (Å²) in [4.78, 5) is 5.75. The van der Waals surface area contributed by atoms with Crippen molar-refractivity contribution in [2.45, 2.75) is 50.1 Å². The molecule has 23 heavy (non-hydrogen) atoms. The molecule has 0 fully saturated rings. The minimum atomic E-state index is -0.141. The summed E-state index contributed by atoms with van der Waals surface area (Å²) in [5.41, 5.74) is -0.141. The van der Waals surface area contributed by atoms with Crippen LogP contribution < -0.4 is 0 Å². The van der Waals surface area contributed by atoms with Gasteiger partial charge >= 0.3 is 0 Å². The number of rotatable bonds is 6. The van der Waals surface area contributed by atoms with Gasteiger partial charge < -0.3 is 4.52 Å². The minimum absolute atomic E-state index is 0.141. The highest BCUT2D eigenvalue weighted by molar-refractivity contribution is 7.98. The normalized spacial score (nSPS) is 12.0. The van der Waals surface area contributed by atoms with Crippen LogP contribution in [0.5, 0.6) is 0 Å². The molecule has 0 N–H and O–H groups in total. The van der Waals surface area contributed by atoms with E-state index in [1.807, 2.05) is 25.5 Å². The Labute approximate surface area is 142 Å². The standard InChI is InChI=1S/C14H18N6OS2/c1-14(2,3)12-15-11(17-21-12)9-23-13-16-18-19-20(13)7-6-10-5-4-8-22-10/h4-5,8H,6-7,9H2,1-3H3. The van der Waals surface area contributed by atoms with E-state index in [9.17, 15) is 0 Å². The number of hydrogen-bond acceptors (Lipinski definition) is 8. The number of tetrazole rings is 1. The van der Waals surface area contributed by atoms with Gasteiger partial charge in [0.25, 0.3) is 0 Å². The number of aryl methyl sites for hydroxylation is 2. The Hall–Kier alpha value is -1.74. The van der Waals surface area contributed by atoms with Crippen LogP contribution in [0, 0.1) is 0 Å². The average Bonchev–Trinajstić information content (AvgIpc) is 3.23. The third-order valence-electron chi connectivity index (χ3n) is 3.09. The van der Waals surface area contributed by atoms with Crippen LogP contribution in [0.2, 0.25) is 0 Å². The fourth-order valence-corrected chi connectivity index (χ4v) is 3.30. The second-order valence-corrected chi connectivity index (χ2v) is 8.04. The van der Waals surface area contributed by atoms with Crippen LogP contribution in [0.4, 0.5) is 0 Å². The predicted molar refractivity (Wildman–Crippen MR) is 88.4 cm³/mol. The summed E-state index contributed by atoms with van der Waals surface area (Å²) in [5, 5.41) is 18.7. The summed E-state index contributed by atoms with van der Waals surface area (Å²) in [6, 6.07) is 4.17. The Balaban J connectivity index is 1.58. The van der Waals surface area contributed by atoms with Gasteiger partial charge in [0.2, 0.25) is 11.0 Å². The molecular formula is C14H18N6OS2. The predicted octanol–water partition coefficient (Wildman–Crippen LogP) is 2.95. The van der Waals surface area contributed by atoms with Crippen LogP contribution in [0.25, 0.3) is 0 Å². The van der Waals surface area contributed by atoms with E-state index in [4.69, 9.17) is 4.52 Å². The Morgan fingerprint density at radius 1 is 1.35 bits per heavy atom. The Kier molecular flexibility index (Phi) is 4.76. The van der Waals surface area contributed by atoms with Crippen molar-refractivity contribution in [1.29, 1.82) is 0 Å². The molecule has 0 unspecified atom stereocenters. The van der Waals surface area contributed by atoms with Gasteiger partial charge in [0.1, 0.15) is 0 Å². The highest BCUT2D eigenvalue weighted by Gasteiger charge is 2.22. The molecular weight excluding hydrogens is 332 g/mol. The summed E-state index contributed by atoms with van der Waals surface area (Å²) in [7, 11) is 0. The van der Waals surface area contributed by atoms with Crippen molar-refractivity contribution in [3.63, 3.8) is 0 Å². The summed E-state index contributed by atoms with van der Waals surface area (Å²) in [5.74, 6) is 1.89. The highest BCUT2D eigenvalue weighted by atomic mass is 32.2. The van der Waals surface area contributed by atoms with Crippen molar-refractivity contribution in [3.8, 4) is 0 Å². The van der Waals surface area contributed by atoms with E-state index in [1.165, 1.54) is 16.6 Å². The molecule has 7 nitrogen and oxygen atoms in total. The minimum Gasteiger partial charge on any atom is -0.339 e. The van der Waals surface area contributed by atoms with Gasteiger partial charge in [0.15, 0.2) is 5.82 Å². The van der Waals surface area contributed by atoms with Gasteiger partial charge in [-0.25, -0.2) is 4.68 Å². The molecule has 3 heterocycles. The molecule has 0 saturated carbocycles. The monoisotopic (exact) mass is 350 g/mol. The lowest BCUT2D eigenvalue weighted by atomic mass is 9.97. The molecule has 9 heteroatoms. The van der Waals surface area contributed by atoms with Crippen molar-refractivity contribution in [2.24, 2.45) is 0 Å². The van der Waals surface area contributed by atoms with Gasteiger partial charge in [-0.1, -0.05) is 43.8 Å². The molecule has 0 amide bonds. The third-order valence-corrected chi connectivity index (χ3v) is 4.98. The zero-order valence-corrected chi connectivity index (χ0v) is 14.9. The molecule has 0 aliphatic heterocycles. The fourth-order valence-electron chi connectivity index (χ4n) is 1.86. The number of hydrogen-bond donors (Lipinski definition) is 0. The van der Waals surface area contributed by atoms with Crippen LogP contribution in [-0.4, -0.2) is 30.3 Å². The average molecular weight is 350 g/mol. The summed E-state index contributed by atoms with van der Waals surface area (Å²) >= 11 is 3.26. The van der Waals surface area contributed by atoms with Gasteiger partial charge in [-0.05, 0) is 21.9 Å². The summed E-state index contributed by atoms with van der Waals surface area (Å²) < 4.78 is 7.11. The second-order valence-electron chi connectivity index (χ2n) is 6.07. The van der Waals surface area contributed by atoms with Crippen LogP contribution in [0.1, 0.15) is 37.4 Å². The maximum absolute atomic E-state index is 5.29. The molecule has 0 bridgehead atoms. The van der Waals surface area contributed by atoms with E-state index in [0.29, 0.717) is 17.5 Å². The summed E-state index contributed by atoms with van der Waals surface area (Å²) in [6.45, 7) is 6.89. The number of thiophene rings is 1. The van der Waals surface area contributed by atoms with Crippen LogP contribution in [0.3, 0.4) is 0 Å². The Morgan fingerprint density at radius 3 is 2.91 bits per heavy atom. The van der Waals surface area contributed by atoms with Gasteiger partial charge in [0, 0.05) is 16.7 Å². The maximum atomic E-state index is 5.29. The quantitative estimate of drug-likeness (QED) is 0.632. The molecule has 3 aromatic heterocycles. The number of aromatic nitrogens is 6. The molecule has 3 aromatic rings. The largest absolute Gasteiger partial charge is 0.339 e. The van der Waals surface area contributed by atoms with Gasteiger partial charge in [0.05, 0.1) is 12.3 Å². The van der Waals surface area contributed by atoms with Crippen LogP contribution >= 0.6 is 23.1 Å². The topological polar surface area (TPSA) is 82.5 Å². The lowest BCUT2D eigenvalue weighted by molar-refractivity contribution is 0.319. The van der Waals surface area contributed by atoms with Crippen molar-refractivity contribution >= 4 is 23.1 Å². The van der Waals surface area contributed by atoms with Gasteiger partial charge in [-0.3, -0.25) is 0 Å². The summed E-state index contributed by atoms with van der Waals surface area (Å²) in [6.07, 6.45) is 0.923. The van der Waals surface area contributed by atoms with Crippen molar-refractivity contribution in [3.05, 3.63) is 34.1 Å². The lowest BCUT2D eigenvalue weighted by Gasteiger charge is -2.10. The highest BCUT2D eigenvalue weighted by Crippen LogP contribution is 2.23. The van der Waals surface area contributed by atoms with Crippen molar-refractivity contribution in [2.75, 3.05) is 0 Å². The zero-order valence-electron chi connectivity index (χ0n) is 13.3. The van der Waals surface area contributed by atoms with Crippen LogP contribution in [0.15, 0.2) is 27.2 Å². The first kappa shape index (κ1) is 16.1. The molecule has 0 saturated heterocycles. The fraction of sp³-hybridized carbons (Fsp3) is 0.500. The molecule has 0 aliphatic rings. The molecule has 0 aliphatic carbocycles. The van der Waals surface area contributed by atoms with E-state index in [-0.39, 0.29) is 5.41 Å². The third kappa shape index (κ3) is 4.17. The van der Waals surface area contributed by atoms with E-state index >= 15 is 0 Å². The zero-order chi connectivity index (χ0) is 16.3. The lowest BCUT2D eigenvalue weighted by Crippen LogP contribution is -2.11. The molecule has 3 rings (SSSR count). The first-order valence-corrected chi connectivity index (χ1v) is 9.13. The Bertz CT molecular complexity index is 744. The van der Waals surface area contributed by atoms with Gasteiger partial charge in [-0.2, -0.15) is 4.98 Å². The van der Waals surface area contributed by atoms with E-state index < -0.39 is 0 Å². The molecule has 0 atom stereocenters. The number of thioether (sulfide) groups is 1. The van der Waals surface area contributed by atoms with Gasteiger partial charge in [-0.15, -0.1) is 16.4 Å². The molecule has 0 radical (unpaired) electrons. The smallest absolute Gasteiger partial charge is 0.232 e. The van der Waals surface area contributed by atoms with Crippen LogP contribution in [-0.2, 0) is 24.1 Å². The molecule has 0 spiro atoms. The second kappa shape index (κ2) is 6.79. The van der Waals surface area contributed by atoms with Crippen molar-refractivity contribution < 1.29 is 4.52 Å². The van der Waals surface area contributed by atoms with E-state index in [2.05, 4.69) is 43.2 Å². The first-order chi connectivity index (χ1) is 11.0. The van der Waals surface area contributed by atoms with Crippen molar-refractivity contribution in [1.82, 2.24) is 30.3 Å². The molecule has 122 valence electrons. The molecule has 0 aromatic carbocycles.